The van der Waals surface area contributed by atoms with E-state index in [1.807, 2.05) is 12.1 Å². The summed E-state index contributed by atoms with van der Waals surface area (Å²) in [6.07, 6.45) is 4.10. The van der Waals surface area contributed by atoms with Crippen LogP contribution in [0.1, 0.15) is 29.7 Å². The molecule has 0 saturated heterocycles. The Morgan fingerprint density at radius 3 is 2.70 bits per heavy atom. The lowest BCUT2D eigenvalue weighted by molar-refractivity contribution is 0.269. The molecule has 0 atom stereocenters. The molecule has 1 heterocycles. The molecular formula is C17H19BrN2O2S. The lowest BCUT2D eigenvalue weighted by Crippen LogP contribution is -2.31. The quantitative estimate of drug-likeness (QED) is 0.624. The molecule has 1 aromatic carbocycles. The Morgan fingerprint density at radius 1 is 1.22 bits per heavy atom. The summed E-state index contributed by atoms with van der Waals surface area (Å²) in [7, 11) is 0. The molecule has 4 nitrogen and oxygen atoms in total. The van der Waals surface area contributed by atoms with E-state index in [1.165, 1.54) is 11.1 Å². The first-order chi connectivity index (χ1) is 11.2. The van der Waals surface area contributed by atoms with E-state index in [0.717, 1.165) is 46.6 Å². The number of rotatable bonds is 5. The second-order valence-electron chi connectivity index (χ2n) is 5.62. The lowest BCUT2D eigenvalue weighted by Gasteiger charge is -2.22. The number of nitrogens with zero attached hydrogens (tertiary/aromatic N) is 2. The van der Waals surface area contributed by atoms with Crippen molar-refractivity contribution in [2.75, 3.05) is 6.61 Å². The predicted molar refractivity (Wildman–Crippen MR) is 95.9 cm³/mol. The monoisotopic (exact) mass is 394 g/mol. The Labute approximate surface area is 148 Å². The second-order valence-corrected chi connectivity index (χ2v) is 7.50. The normalized spacial score (nSPS) is 13.8. The molecule has 1 aliphatic rings. The SMILES string of the molecule is O=c1nc(SCc2ccc(Br)cc2)c2c(n1CCO)CCCC2. The molecule has 2 aromatic rings. The van der Waals surface area contributed by atoms with Crippen molar-refractivity contribution in [3.63, 3.8) is 0 Å². The van der Waals surface area contributed by atoms with Gasteiger partial charge in [0.15, 0.2) is 0 Å². The Hall–Kier alpha value is -1.11. The minimum absolute atomic E-state index is 0.0284. The molecule has 1 N–H and O–H groups in total. The van der Waals surface area contributed by atoms with Crippen molar-refractivity contribution in [1.82, 2.24) is 9.55 Å². The van der Waals surface area contributed by atoms with Crippen molar-refractivity contribution in [2.45, 2.75) is 43.0 Å². The highest BCUT2D eigenvalue weighted by molar-refractivity contribution is 9.10. The van der Waals surface area contributed by atoms with Crippen LogP contribution in [-0.4, -0.2) is 21.3 Å². The summed E-state index contributed by atoms with van der Waals surface area (Å²) in [6, 6.07) is 8.21. The largest absolute Gasteiger partial charge is 0.395 e. The van der Waals surface area contributed by atoms with Gasteiger partial charge in [-0.2, -0.15) is 4.98 Å². The zero-order chi connectivity index (χ0) is 16.2. The standard InChI is InChI=1S/C17H19BrN2O2S/c18-13-7-5-12(6-8-13)11-23-16-14-3-1-2-4-15(14)20(9-10-21)17(22)19-16/h5-8,21H,1-4,9-11H2. The fraction of sp³-hybridized carbons (Fsp3) is 0.412. The molecule has 0 fully saturated rings. The van der Waals surface area contributed by atoms with Gasteiger partial charge in [0.1, 0.15) is 5.03 Å². The van der Waals surface area contributed by atoms with Crippen LogP contribution in [0.15, 0.2) is 38.6 Å². The first-order valence-corrected chi connectivity index (χ1v) is 9.57. The van der Waals surface area contributed by atoms with Gasteiger partial charge in [-0.1, -0.05) is 28.1 Å². The van der Waals surface area contributed by atoms with E-state index in [9.17, 15) is 9.90 Å². The maximum absolute atomic E-state index is 12.3. The first kappa shape index (κ1) is 16.7. The maximum atomic E-state index is 12.3. The van der Waals surface area contributed by atoms with Crippen molar-refractivity contribution < 1.29 is 5.11 Å². The Bertz CT molecular complexity index is 743. The summed E-state index contributed by atoms with van der Waals surface area (Å²) >= 11 is 5.07. The number of hydrogen-bond donors (Lipinski definition) is 1. The number of fused-ring (bicyclic) bond motifs is 1. The van der Waals surface area contributed by atoms with Crippen LogP contribution in [0, 0.1) is 0 Å². The van der Waals surface area contributed by atoms with E-state index >= 15 is 0 Å². The van der Waals surface area contributed by atoms with E-state index in [-0.39, 0.29) is 12.3 Å². The number of aliphatic hydroxyl groups is 1. The number of aromatic nitrogens is 2. The van der Waals surface area contributed by atoms with Gasteiger partial charge in [0.05, 0.1) is 13.2 Å². The van der Waals surface area contributed by atoms with Gasteiger partial charge in [0.25, 0.3) is 0 Å². The van der Waals surface area contributed by atoms with Crippen molar-refractivity contribution in [3.05, 3.63) is 56.0 Å². The van der Waals surface area contributed by atoms with Gasteiger partial charge in [-0.25, -0.2) is 4.79 Å². The Morgan fingerprint density at radius 2 is 1.96 bits per heavy atom. The molecule has 1 aromatic heterocycles. The van der Waals surface area contributed by atoms with Crippen molar-refractivity contribution in [3.8, 4) is 0 Å². The highest BCUT2D eigenvalue weighted by Gasteiger charge is 2.20. The molecule has 6 heteroatoms. The van der Waals surface area contributed by atoms with Crippen LogP contribution in [0.5, 0.6) is 0 Å². The van der Waals surface area contributed by atoms with E-state index in [2.05, 4.69) is 33.0 Å². The Balaban J connectivity index is 1.88. The minimum atomic E-state index is -0.238. The molecule has 3 rings (SSSR count). The van der Waals surface area contributed by atoms with Gasteiger partial charge in [0, 0.05) is 21.5 Å². The van der Waals surface area contributed by atoms with Crippen LogP contribution in [0.3, 0.4) is 0 Å². The van der Waals surface area contributed by atoms with Gasteiger partial charge >= 0.3 is 5.69 Å². The number of thioether (sulfide) groups is 1. The molecule has 0 unspecified atom stereocenters. The van der Waals surface area contributed by atoms with Gasteiger partial charge in [-0.05, 0) is 43.4 Å². The molecular weight excluding hydrogens is 376 g/mol. The summed E-state index contributed by atoms with van der Waals surface area (Å²) < 4.78 is 2.71. The highest BCUT2D eigenvalue weighted by atomic mass is 79.9. The number of benzene rings is 1. The fourth-order valence-electron chi connectivity index (χ4n) is 2.93. The fourth-order valence-corrected chi connectivity index (χ4v) is 4.23. The van der Waals surface area contributed by atoms with Crippen LogP contribution in [-0.2, 0) is 25.1 Å². The maximum Gasteiger partial charge on any atom is 0.348 e. The zero-order valence-electron chi connectivity index (χ0n) is 12.8. The molecule has 0 radical (unpaired) electrons. The molecule has 0 spiro atoms. The third-order valence-corrected chi connectivity index (χ3v) is 5.68. The summed E-state index contributed by atoms with van der Waals surface area (Å²) in [5.74, 6) is 0.802. The topological polar surface area (TPSA) is 55.1 Å². The van der Waals surface area contributed by atoms with E-state index < -0.39 is 0 Å². The molecule has 122 valence electrons. The first-order valence-electron chi connectivity index (χ1n) is 7.79. The molecule has 1 aliphatic carbocycles. The third-order valence-electron chi connectivity index (χ3n) is 4.06. The van der Waals surface area contributed by atoms with Gasteiger partial charge in [-0.3, -0.25) is 4.57 Å². The van der Waals surface area contributed by atoms with Crippen molar-refractivity contribution >= 4 is 27.7 Å². The van der Waals surface area contributed by atoms with Crippen molar-refractivity contribution in [2.24, 2.45) is 0 Å². The van der Waals surface area contributed by atoms with Crippen LogP contribution in [0.2, 0.25) is 0 Å². The highest BCUT2D eigenvalue weighted by Crippen LogP contribution is 2.30. The minimum Gasteiger partial charge on any atom is -0.395 e. The zero-order valence-corrected chi connectivity index (χ0v) is 15.2. The molecule has 0 aliphatic heterocycles. The van der Waals surface area contributed by atoms with Crippen LogP contribution in [0.25, 0.3) is 0 Å². The number of hydrogen-bond acceptors (Lipinski definition) is 4. The molecule has 23 heavy (non-hydrogen) atoms. The summed E-state index contributed by atoms with van der Waals surface area (Å²) in [6.45, 7) is 0.311. The lowest BCUT2D eigenvalue weighted by atomic mass is 9.97. The van der Waals surface area contributed by atoms with E-state index in [4.69, 9.17) is 0 Å². The Kier molecular flexibility index (Phi) is 5.56. The summed E-state index contributed by atoms with van der Waals surface area (Å²) in [4.78, 5) is 16.6. The summed E-state index contributed by atoms with van der Waals surface area (Å²) in [5, 5.41) is 10.1. The predicted octanol–water partition coefficient (Wildman–Crippen LogP) is 3.17. The van der Waals surface area contributed by atoms with E-state index in [0.29, 0.717) is 6.54 Å². The van der Waals surface area contributed by atoms with Crippen LogP contribution >= 0.6 is 27.7 Å². The third kappa shape index (κ3) is 3.87. The van der Waals surface area contributed by atoms with Crippen LogP contribution < -0.4 is 5.69 Å². The number of halogens is 1. The van der Waals surface area contributed by atoms with Gasteiger partial charge in [0.2, 0.25) is 0 Å². The molecule has 0 bridgehead atoms. The summed E-state index contributed by atoms with van der Waals surface area (Å²) in [5.41, 5.74) is 3.25. The number of aliphatic hydroxyl groups excluding tert-OH is 1. The van der Waals surface area contributed by atoms with Gasteiger partial charge in [-0.15, -0.1) is 11.8 Å². The average molecular weight is 395 g/mol. The second kappa shape index (κ2) is 7.64. The molecule has 0 saturated carbocycles. The van der Waals surface area contributed by atoms with Crippen LogP contribution in [0.4, 0.5) is 0 Å². The van der Waals surface area contributed by atoms with E-state index in [1.54, 1.807) is 16.3 Å². The smallest absolute Gasteiger partial charge is 0.348 e. The molecule has 0 amide bonds. The van der Waals surface area contributed by atoms with Crippen molar-refractivity contribution in [1.29, 1.82) is 0 Å². The van der Waals surface area contributed by atoms with Gasteiger partial charge < -0.3 is 5.11 Å². The average Bonchev–Trinajstić information content (AvgIpc) is 2.57.